The molecule has 2 aliphatic rings. The van der Waals surface area contributed by atoms with Crippen LogP contribution in [0, 0.1) is 5.92 Å². The molecule has 9 heteroatoms. The van der Waals surface area contributed by atoms with E-state index >= 15 is 0 Å². The van der Waals surface area contributed by atoms with Gasteiger partial charge in [0.2, 0.25) is 0 Å². The molecule has 2 fully saturated rings. The lowest BCUT2D eigenvalue weighted by Gasteiger charge is -2.21. The second-order valence-electron chi connectivity index (χ2n) is 9.30. The van der Waals surface area contributed by atoms with Gasteiger partial charge in [-0.05, 0) is 36.5 Å². The average Bonchev–Trinajstić information content (AvgIpc) is 3.43. The van der Waals surface area contributed by atoms with Gasteiger partial charge in [-0.3, -0.25) is 19.7 Å². The van der Waals surface area contributed by atoms with E-state index in [2.05, 4.69) is 43.9 Å². The third-order valence-electron chi connectivity index (χ3n) is 7.01. The number of hydrogen-bond acceptors (Lipinski definition) is 7. The van der Waals surface area contributed by atoms with Crippen LogP contribution in [0.15, 0.2) is 41.6 Å². The van der Waals surface area contributed by atoms with Crippen molar-refractivity contribution >= 4 is 16.6 Å². The number of nitrogens with one attached hydrogen (secondary N) is 1. The van der Waals surface area contributed by atoms with Crippen molar-refractivity contribution in [3.8, 4) is 0 Å². The van der Waals surface area contributed by atoms with Crippen LogP contribution in [0.25, 0.3) is 16.6 Å². The highest BCUT2D eigenvalue weighted by Crippen LogP contribution is 2.32. The van der Waals surface area contributed by atoms with Gasteiger partial charge in [-0.15, -0.1) is 0 Å². The molecular formula is C24H27N7O2. The molecule has 0 saturated carbocycles. The van der Waals surface area contributed by atoms with Crippen LogP contribution in [-0.2, 0) is 11.3 Å². The first-order valence-corrected chi connectivity index (χ1v) is 11.6. The number of H-pyrrole nitrogens is 1. The first-order valence-electron chi connectivity index (χ1n) is 11.6. The number of rotatable bonds is 4. The van der Waals surface area contributed by atoms with Crippen molar-refractivity contribution in [2.75, 3.05) is 26.3 Å². The molecular weight excluding hydrogens is 418 g/mol. The summed E-state index contributed by atoms with van der Waals surface area (Å²) in [6.45, 7) is 6.30. The topological polar surface area (TPSA) is 101 Å². The molecule has 0 spiro atoms. The molecule has 2 unspecified atom stereocenters. The summed E-state index contributed by atoms with van der Waals surface area (Å²) < 4.78 is 7.28. The lowest BCUT2D eigenvalue weighted by Crippen LogP contribution is -2.24. The van der Waals surface area contributed by atoms with E-state index in [1.54, 1.807) is 23.1 Å². The molecule has 0 aliphatic carbocycles. The van der Waals surface area contributed by atoms with E-state index in [0.717, 1.165) is 68.4 Å². The molecule has 0 amide bonds. The number of benzene rings is 1. The Morgan fingerprint density at radius 3 is 2.76 bits per heavy atom. The Balaban J connectivity index is 1.26. The average molecular weight is 446 g/mol. The molecule has 33 heavy (non-hydrogen) atoms. The monoisotopic (exact) mass is 445 g/mol. The smallest absolute Gasteiger partial charge is 0.276 e. The van der Waals surface area contributed by atoms with Crippen molar-refractivity contribution in [3.05, 3.63) is 64.4 Å². The summed E-state index contributed by atoms with van der Waals surface area (Å²) >= 11 is 0. The van der Waals surface area contributed by atoms with Gasteiger partial charge in [0.25, 0.3) is 5.56 Å². The van der Waals surface area contributed by atoms with Crippen molar-refractivity contribution in [1.29, 1.82) is 0 Å². The lowest BCUT2D eigenvalue weighted by molar-refractivity contribution is 0.0832. The summed E-state index contributed by atoms with van der Waals surface area (Å²) in [5.74, 6) is 2.43. The second-order valence-corrected chi connectivity index (χ2v) is 9.30. The molecule has 2 saturated heterocycles. The zero-order chi connectivity index (χ0) is 22.4. The van der Waals surface area contributed by atoms with Crippen LogP contribution in [-0.4, -0.2) is 60.8 Å². The molecule has 2 atom stereocenters. The third kappa shape index (κ3) is 3.81. The van der Waals surface area contributed by atoms with Crippen LogP contribution in [0.2, 0.25) is 0 Å². The second kappa shape index (κ2) is 8.31. The predicted octanol–water partition coefficient (Wildman–Crippen LogP) is 2.49. The maximum absolute atomic E-state index is 12.8. The van der Waals surface area contributed by atoms with Crippen molar-refractivity contribution in [3.63, 3.8) is 0 Å². The zero-order valence-electron chi connectivity index (χ0n) is 18.6. The quantitative estimate of drug-likeness (QED) is 0.515. The normalized spacial score (nSPS) is 22.5. The maximum Gasteiger partial charge on any atom is 0.276 e. The number of ether oxygens (including phenoxy) is 1. The highest BCUT2D eigenvalue weighted by Gasteiger charge is 2.33. The predicted molar refractivity (Wildman–Crippen MR) is 123 cm³/mol. The molecule has 3 aromatic heterocycles. The van der Waals surface area contributed by atoms with Crippen LogP contribution < -0.4 is 5.56 Å². The Morgan fingerprint density at radius 2 is 1.91 bits per heavy atom. The minimum atomic E-state index is -0.121. The molecule has 6 rings (SSSR count). The van der Waals surface area contributed by atoms with E-state index < -0.39 is 0 Å². The van der Waals surface area contributed by atoms with Crippen molar-refractivity contribution in [1.82, 2.24) is 34.4 Å². The Labute approximate surface area is 190 Å². The zero-order valence-corrected chi connectivity index (χ0v) is 18.6. The SMILES string of the molecule is CC1CN(Cc2ccc3nccnc3c2)CC1c1nn2c(C3CCOCC3)ncc2c(=O)[nH]1. The summed E-state index contributed by atoms with van der Waals surface area (Å²) in [5, 5.41) is 4.90. The highest BCUT2D eigenvalue weighted by molar-refractivity contribution is 5.74. The van der Waals surface area contributed by atoms with Crippen LogP contribution in [0.1, 0.15) is 48.8 Å². The Hall–Kier alpha value is -3.17. The van der Waals surface area contributed by atoms with E-state index in [4.69, 9.17) is 9.84 Å². The lowest BCUT2D eigenvalue weighted by atomic mass is 9.97. The standard InChI is InChI=1S/C24H27N7O2/c1-15-12-30(13-16-2-3-19-20(10-16)26-7-6-25-19)14-18(15)22-28-24(32)21-11-27-23(31(21)29-22)17-4-8-33-9-5-17/h2-3,6-7,10-11,15,17-18H,4-5,8-9,12-14H2,1H3,(H,28,29,32). The molecule has 0 radical (unpaired) electrons. The number of likely N-dealkylation sites (tertiary alicyclic amines) is 1. The van der Waals surface area contributed by atoms with Crippen LogP contribution in [0.4, 0.5) is 0 Å². The minimum Gasteiger partial charge on any atom is -0.381 e. The fraction of sp³-hybridized carbons (Fsp3) is 0.458. The minimum absolute atomic E-state index is 0.121. The van der Waals surface area contributed by atoms with Gasteiger partial charge in [-0.1, -0.05) is 13.0 Å². The molecule has 4 aromatic rings. The van der Waals surface area contributed by atoms with Gasteiger partial charge in [0, 0.05) is 57.1 Å². The van der Waals surface area contributed by atoms with Crippen LogP contribution in [0.3, 0.4) is 0 Å². The van der Waals surface area contributed by atoms with Crippen LogP contribution in [0.5, 0.6) is 0 Å². The van der Waals surface area contributed by atoms with E-state index in [-0.39, 0.29) is 17.4 Å². The molecule has 0 bridgehead atoms. The Kier molecular flexibility index (Phi) is 5.15. The largest absolute Gasteiger partial charge is 0.381 e. The molecule has 1 N–H and O–H groups in total. The summed E-state index contributed by atoms with van der Waals surface area (Å²) in [6.07, 6.45) is 6.91. The Morgan fingerprint density at radius 1 is 1.09 bits per heavy atom. The third-order valence-corrected chi connectivity index (χ3v) is 7.01. The molecule has 1 aromatic carbocycles. The van der Waals surface area contributed by atoms with Crippen LogP contribution >= 0.6 is 0 Å². The summed E-state index contributed by atoms with van der Waals surface area (Å²) in [6, 6.07) is 6.25. The van der Waals surface area contributed by atoms with Crippen molar-refractivity contribution in [2.24, 2.45) is 5.92 Å². The maximum atomic E-state index is 12.8. The van der Waals surface area contributed by atoms with Gasteiger partial charge in [0.05, 0.1) is 17.2 Å². The van der Waals surface area contributed by atoms with Gasteiger partial charge in [-0.25, -0.2) is 9.50 Å². The van der Waals surface area contributed by atoms with Gasteiger partial charge >= 0.3 is 0 Å². The summed E-state index contributed by atoms with van der Waals surface area (Å²) in [7, 11) is 0. The van der Waals surface area contributed by atoms with Crippen molar-refractivity contribution in [2.45, 2.75) is 38.1 Å². The number of hydrogen-bond donors (Lipinski definition) is 1. The van der Waals surface area contributed by atoms with Gasteiger partial charge in [-0.2, -0.15) is 5.10 Å². The van der Waals surface area contributed by atoms with Gasteiger partial charge in [0.15, 0.2) is 5.52 Å². The van der Waals surface area contributed by atoms with E-state index in [1.807, 2.05) is 6.07 Å². The van der Waals surface area contributed by atoms with E-state index in [1.165, 1.54) is 5.56 Å². The number of imidazole rings is 1. The number of aromatic nitrogens is 6. The summed E-state index contributed by atoms with van der Waals surface area (Å²) in [4.78, 5) is 31.7. The number of aromatic amines is 1. The first kappa shape index (κ1) is 20.4. The fourth-order valence-corrected chi connectivity index (χ4v) is 5.25. The van der Waals surface area contributed by atoms with Gasteiger partial charge < -0.3 is 9.72 Å². The fourth-order valence-electron chi connectivity index (χ4n) is 5.25. The van der Waals surface area contributed by atoms with Crippen molar-refractivity contribution < 1.29 is 4.74 Å². The number of nitrogens with zero attached hydrogens (tertiary/aromatic N) is 6. The number of fused-ring (bicyclic) bond motifs is 2. The molecule has 5 heterocycles. The highest BCUT2D eigenvalue weighted by atomic mass is 16.5. The van der Waals surface area contributed by atoms with Gasteiger partial charge in [0.1, 0.15) is 11.6 Å². The molecule has 9 nitrogen and oxygen atoms in total. The molecule has 2 aliphatic heterocycles. The molecule has 170 valence electrons. The summed E-state index contributed by atoms with van der Waals surface area (Å²) in [5.41, 5.74) is 3.43. The van der Waals surface area contributed by atoms with E-state index in [0.29, 0.717) is 11.4 Å². The van der Waals surface area contributed by atoms with E-state index in [9.17, 15) is 4.79 Å². The Bertz CT molecular complexity index is 1360. The first-order chi connectivity index (χ1) is 16.2.